The van der Waals surface area contributed by atoms with Gasteiger partial charge in [0.2, 0.25) is 0 Å². The number of ether oxygens (including phenoxy) is 1. The van der Waals surface area contributed by atoms with Gasteiger partial charge in [-0.1, -0.05) is 23.9 Å². The second kappa shape index (κ2) is 9.30. The molecule has 0 heterocycles. The Kier molecular flexibility index (Phi) is 7.11. The van der Waals surface area contributed by atoms with Crippen LogP contribution in [0.5, 0.6) is 0 Å². The highest BCUT2D eigenvalue weighted by Gasteiger charge is 2.19. The van der Waals surface area contributed by atoms with Crippen LogP contribution >= 0.6 is 11.8 Å². The van der Waals surface area contributed by atoms with Crippen molar-refractivity contribution in [2.75, 3.05) is 5.32 Å². The van der Waals surface area contributed by atoms with Crippen LogP contribution < -0.4 is 5.32 Å². The maximum Gasteiger partial charge on any atom is 0.338 e. The summed E-state index contributed by atoms with van der Waals surface area (Å²) in [5.41, 5.74) is 1.32. The van der Waals surface area contributed by atoms with E-state index in [9.17, 15) is 18.4 Å². The van der Waals surface area contributed by atoms with Crippen molar-refractivity contribution in [3.05, 3.63) is 59.7 Å². The van der Waals surface area contributed by atoms with Gasteiger partial charge in [-0.2, -0.15) is 8.78 Å². The number of nitrogens with one attached hydrogen (secondary N) is 1. The number of aliphatic hydroxyl groups excluding tert-OH is 1. The van der Waals surface area contributed by atoms with Gasteiger partial charge < -0.3 is 15.2 Å². The predicted molar refractivity (Wildman–Crippen MR) is 94.2 cm³/mol. The molecule has 2 aromatic carbocycles. The summed E-state index contributed by atoms with van der Waals surface area (Å²) in [6.07, 6.45) is -1.05. The van der Waals surface area contributed by atoms with Crippen LogP contribution in [0.2, 0.25) is 0 Å². The molecule has 0 aromatic heterocycles. The number of carbonyl (C=O) groups is 2. The Hall–Kier alpha value is -2.45. The van der Waals surface area contributed by atoms with E-state index < -0.39 is 23.7 Å². The molecule has 2 rings (SSSR count). The molecule has 0 spiro atoms. The molecule has 8 heteroatoms. The van der Waals surface area contributed by atoms with Gasteiger partial charge in [-0.15, -0.1) is 0 Å². The van der Waals surface area contributed by atoms with Crippen LogP contribution in [0.15, 0.2) is 53.4 Å². The molecule has 1 amide bonds. The lowest BCUT2D eigenvalue weighted by Crippen LogP contribution is -2.30. The van der Waals surface area contributed by atoms with Crippen molar-refractivity contribution in [2.45, 2.75) is 30.3 Å². The highest BCUT2D eigenvalue weighted by molar-refractivity contribution is 7.99. The lowest BCUT2D eigenvalue weighted by atomic mass is 10.1. The maximum absolute atomic E-state index is 12.3. The largest absolute Gasteiger partial charge is 0.449 e. The molecule has 0 aliphatic rings. The Morgan fingerprint density at radius 2 is 1.73 bits per heavy atom. The van der Waals surface area contributed by atoms with E-state index in [0.29, 0.717) is 27.9 Å². The minimum absolute atomic E-state index is 0.136. The third-order valence-electron chi connectivity index (χ3n) is 3.37. The number of hydrogen-bond donors (Lipinski definition) is 2. The van der Waals surface area contributed by atoms with E-state index in [4.69, 9.17) is 9.84 Å². The van der Waals surface area contributed by atoms with E-state index in [1.54, 1.807) is 12.1 Å². The number of alkyl halides is 2. The van der Waals surface area contributed by atoms with Gasteiger partial charge in [0.1, 0.15) is 0 Å². The number of esters is 1. The number of rotatable bonds is 7. The average molecular weight is 381 g/mol. The summed E-state index contributed by atoms with van der Waals surface area (Å²) >= 11 is 0.410. The smallest absolute Gasteiger partial charge is 0.338 e. The van der Waals surface area contributed by atoms with Gasteiger partial charge in [0.05, 0.1) is 12.2 Å². The molecule has 0 aliphatic heterocycles. The summed E-state index contributed by atoms with van der Waals surface area (Å²) < 4.78 is 29.6. The fourth-order valence-electron chi connectivity index (χ4n) is 1.99. The van der Waals surface area contributed by atoms with Gasteiger partial charge in [0.15, 0.2) is 6.10 Å². The highest BCUT2D eigenvalue weighted by Crippen LogP contribution is 2.26. The molecule has 0 radical (unpaired) electrons. The number of amides is 1. The van der Waals surface area contributed by atoms with Gasteiger partial charge >= 0.3 is 5.97 Å². The van der Waals surface area contributed by atoms with Crippen molar-refractivity contribution in [2.24, 2.45) is 0 Å². The van der Waals surface area contributed by atoms with Gasteiger partial charge in [-0.05, 0) is 48.9 Å². The predicted octanol–water partition coefficient (Wildman–Crippen LogP) is 3.68. The molecule has 26 heavy (non-hydrogen) atoms. The first-order valence-electron chi connectivity index (χ1n) is 7.65. The van der Waals surface area contributed by atoms with E-state index in [2.05, 4.69) is 5.32 Å². The number of anilines is 1. The molecule has 2 N–H and O–H groups in total. The molecule has 0 unspecified atom stereocenters. The molecular formula is C18H17F2NO4S. The van der Waals surface area contributed by atoms with Crippen LogP contribution in [-0.4, -0.2) is 28.8 Å². The maximum atomic E-state index is 12.3. The Morgan fingerprint density at radius 1 is 1.12 bits per heavy atom. The van der Waals surface area contributed by atoms with E-state index in [1.165, 1.54) is 43.3 Å². The Morgan fingerprint density at radius 3 is 2.27 bits per heavy atom. The molecule has 0 saturated carbocycles. The van der Waals surface area contributed by atoms with Crippen molar-refractivity contribution >= 4 is 29.3 Å². The fourth-order valence-corrected chi connectivity index (χ4v) is 2.49. The Balaban J connectivity index is 1.90. The van der Waals surface area contributed by atoms with Gasteiger partial charge in [0.25, 0.3) is 11.7 Å². The first-order valence-corrected chi connectivity index (χ1v) is 8.53. The minimum Gasteiger partial charge on any atom is -0.449 e. The first-order chi connectivity index (χ1) is 12.4. The zero-order valence-corrected chi connectivity index (χ0v) is 14.6. The second-order valence-electron chi connectivity index (χ2n) is 5.29. The van der Waals surface area contributed by atoms with Crippen LogP contribution in [0.4, 0.5) is 14.5 Å². The second-order valence-corrected chi connectivity index (χ2v) is 6.36. The summed E-state index contributed by atoms with van der Waals surface area (Å²) in [7, 11) is 0. The number of aliphatic hydroxyl groups is 1. The number of benzene rings is 2. The molecule has 0 fully saturated rings. The fraction of sp³-hybridized carbons (Fsp3) is 0.222. The van der Waals surface area contributed by atoms with Gasteiger partial charge in [-0.25, -0.2) is 4.79 Å². The average Bonchev–Trinajstić information content (AvgIpc) is 2.62. The Labute approximate surface area is 153 Å². The first kappa shape index (κ1) is 19.9. The molecule has 0 bridgehead atoms. The topological polar surface area (TPSA) is 75.6 Å². The van der Waals surface area contributed by atoms with Crippen molar-refractivity contribution in [1.82, 2.24) is 0 Å². The van der Waals surface area contributed by atoms with Gasteiger partial charge in [-0.3, -0.25) is 4.79 Å². The van der Waals surface area contributed by atoms with Crippen molar-refractivity contribution in [3.63, 3.8) is 0 Å². The SMILES string of the molecule is C[C@H](OC(=O)c1ccc(CO)cc1)C(=O)Nc1ccc(SC(F)F)cc1. The number of halogens is 2. The number of hydrogen-bond acceptors (Lipinski definition) is 5. The summed E-state index contributed by atoms with van der Waals surface area (Å²) in [4.78, 5) is 24.5. The third-order valence-corrected chi connectivity index (χ3v) is 4.09. The van der Waals surface area contributed by atoms with Crippen molar-refractivity contribution < 1.29 is 28.2 Å². The van der Waals surface area contributed by atoms with Crippen LogP contribution in [0.25, 0.3) is 0 Å². The lowest BCUT2D eigenvalue weighted by molar-refractivity contribution is -0.123. The van der Waals surface area contributed by atoms with Crippen LogP contribution in [-0.2, 0) is 16.1 Å². The summed E-state index contributed by atoms with van der Waals surface area (Å²) in [5, 5.41) is 11.5. The minimum atomic E-state index is -2.51. The zero-order valence-electron chi connectivity index (χ0n) is 13.8. The van der Waals surface area contributed by atoms with E-state index >= 15 is 0 Å². The monoisotopic (exact) mass is 381 g/mol. The van der Waals surface area contributed by atoms with Crippen LogP contribution in [0, 0.1) is 0 Å². The summed E-state index contributed by atoms with van der Waals surface area (Å²) in [6.45, 7) is 1.29. The third kappa shape index (κ3) is 5.82. The molecule has 2 aromatic rings. The molecule has 1 atom stereocenters. The standard InChI is InChI=1S/C18H17F2NO4S/c1-11(25-17(24)13-4-2-12(10-22)3-5-13)16(23)21-14-6-8-15(9-7-14)26-18(19)20/h2-9,11,18,22H,10H2,1H3,(H,21,23)/t11-/m0/s1. The normalized spacial score (nSPS) is 11.9. The molecule has 0 saturated heterocycles. The quantitative estimate of drug-likeness (QED) is 0.565. The summed E-state index contributed by atoms with van der Waals surface area (Å²) in [6, 6.07) is 12.1. The van der Waals surface area contributed by atoms with E-state index in [-0.39, 0.29) is 12.2 Å². The van der Waals surface area contributed by atoms with Crippen LogP contribution in [0.3, 0.4) is 0 Å². The zero-order chi connectivity index (χ0) is 19.1. The highest BCUT2D eigenvalue weighted by atomic mass is 32.2. The molecule has 0 aliphatic carbocycles. The Bertz CT molecular complexity index is 751. The van der Waals surface area contributed by atoms with E-state index in [1.807, 2.05) is 0 Å². The molecule has 138 valence electrons. The van der Waals surface area contributed by atoms with Gasteiger partial charge in [0, 0.05) is 10.6 Å². The van der Waals surface area contributed by atoms with Crippen molar-refractivity contribution in [3.8, 4) is 0 Å². The molecule has 5 nitrogen and oxygen atoms in total. The molecular weight excluding hydrogens is 364 g/mol. The number of thioether (sulfide) groups is 1. The van der Waals surface area contributed by atoms with Crippen molar-refractivity contribution in [1.29, 1.82) is 0 Å². The van der Waals surface area contributed by atoms with Crippen LogP contribution in [0.1, 0.15) is 22.8 Å². The summed E-state index contributed by atoms with van der Waals surface area (Å²) in [5.74, 6) is -3.72. The lowest BCUT2D eigenvalue weighted by Gasteiger charge is -2.14. The van der Waals surface area contributed by atoms with E-state index in [0.717, 1.165) is 0 Å². The number of carbonyl (C=O) groups excluding carboxylic acids is 2.